The molecule has 1 saturated heterocycles. The minimum Gasteiger partial charge on any atom is -0.383 e. The molecule has 0 spiro atoms. The van der Waals surface area contributed by atoms with Crippen molar-refractivity contribution >= 4 is 17.7 Å². The number of carbonyl (C=O) groups is 1. The fraction of sp³-hybridized carbons (Fsp3) is 0.625. The quantitative estimate of drug-likeness (QED) is 0.777. The minimum atomic E-state index is -0.0146. The molecule has 1 fully saturated rings. The van der Waals surface area contributed by atoms with Gasteiger partial charge >= 0.3 is 0 Å². The molecular weight excluding hydrogens is 298 g/mol. The van der Waals surface area contributed by atoms with Crippen molar-refractivity contribution in [3.8, 4) is 0 Å². The van der Waals surface area contributed by atoms with Gasteiger partial charge in [0, 0.05) is 26.4 Å². The topological polar surface area (TPSA) is 54.5 Å². The van der Waals surface area contributed by atoms with E-state index in [0.29, 0.717) is 11.5 Å². The van der Waals surface area contributed by atoms with E-state index in [0.717, 1.165) is 50.7 Å². The maximum Gasteiger partial charge on any atom is 0.254 e. The molecule has 2 rings (SSSR count). The lowest BCUT2D eigenvalue weighted by Crippen LogP contribution is -2.39. The number of pyridine rings is 1. The average molecular weight is 323 g/mol. The van der Waals surface area contributed by atoms with Crippen LogP contribution in [0.2, 0.25) is 0 Å². The zero-order chi connectivity index (χ0) is 15.8. The first-order chi connectivity index (χ1) is 10.7. The molecule has 6 heteroatoms. The van der Waals surface area contributed by atoms with Crippen molar-refractivity contribution in [1.29, 1.82) is 0 Å². The van der Waals surface area contributed by atoms with Crippen molar-refractivity contribution in [1.82, 2.24) is 15.2 Å². The first-order valence-corrected chi connectivity index (χ1v) is 8.95. The summed E-state index contributed by atoms with van der Waals surface area (Å²) in [7, 11) is 1.74. The molecular formula is C16H25N3O2S. The maximum absolute atomic E-state index is 12.3. The van der Waals surface area contributed by atoms with E-state index in [1.165, 1.54) is 11.8 Å². The Hall–Kier alpha value is -1.11. The number of carbonyl (C=O) groups excluding carboxylic acids is 1. The molecule has 2 heterocycles. The molecule has 0 aromatic carbocycles. The van der Waals surface area contributed by atoms with E-state index in [2.05, 4.69) is 15.2 Å². The summed E-state index contributed by atoms with van der Waals surface area (Å²) in [6, 6.07) is 3.64. The Morgan fingerprint density at radius 2 is 2.27 bits per heavy atom. The Kier molecular flexibility index (Phi) is 7.15. The van der Waals surface area contributed by atoms with Crippen LogP contribution in [0.25, 0.3) is 0 Å². The third-order valence-electron chi connectivity index (χ3n) is 4.08. The summed E-state index contributed by atoms with van der Waals surface area (Å²) in [5.74, 6) is 0.552. The number of hydrogen-bond donors (Lipinski definition) is 1. The number of hydrogen-bond acceptors (Lipinski definition) is 5. The van der Waals surface area contributed by atoms with Crippen molar-refractivity contribution in [2.24, 2.45) is 5.92 Å². The van der Waals surface area contributed by atoms with Crippen molar-refractivity contribution < 1.29 is 9.53 Å². The number of nitrogens with one attached hydrogen (secondary N) is 1. The van der Waals surface area contributed by atoms with Crippen LogP contribution in [0.3, 0.4) is 0 Å². The second-order valence-corrected chi connectivity index (χ2v) is 6.34. The Bertz CT molecular complexity index is 476. The SMILES string of the molecule is COCCN1CCC(CNC(=O)c2cccnc2SC)CC1. The largest absolute Gasteiger partial charge is 0.383 e. The van der Waals surface area contributed by atoms with Crippen LogP contribution < -0.4 is 5.32 Å². The van der Waals surface area contributed by atoms with E-state index in [1.54, 1.807) is 13.3 Å². The molecule has 1 N–H and O–H groups in total. The molecule has 122 valence electrons. The molecule has 0 radical (unpaired) electrons. The lowest BCUT2D eigenvalue weighted by Gasteiger charge is -2.31. The summed E-state index contributed by atoms with van der Waals surface area (Å²) in [5, 5.41) is 3.85. The Labute approximate surface area is 136 Å². The second kappa shape index (κ2) is 9.12. The third-order valence-corrected chi connectivity index (χ3v) is 4.79. The van der Waals surface area contributed by atoms with Crippen LogP contribution in [0, 0.1) is 5.92 Å². The van der Waals surface area contributed by atoms with Crippen LogP contribution in [0.15, 0.2) is 23.4 Å². The molecule has 22 heavy (non-hydrogen) atoms. The van der Waals surface area contributed by atoms with Gasteiger partial charge in [-0.15, -0.1) is 11.8 Å². The number of aromatic nitrogens is 1. The number of nitrogens with zero attached hydrogens (tertiary/aromatic N) is 2. The van der Waals surface area contributed by atoms with Crippen LogP contribution in [0.1, 0.15) is 23.2 Å². The number of piperidine rings is 1. The van der Waals surface area contributed by atoms with Gasteiger partial charge in [-0.1, -0.05) is 0 Å². The van der Waals surface area contributed by atoms with E-state index in [9.17, 15) is 4.79 Å². The fourth-order valence-electron chi connectivity index (χ4n) is 2.69. The number of likely N-dealkylation sites (tertiary alicyclic amines) is 1. The molecule has 0 atom stereocenters. The molecule has 0 aliphatic carbocycles. The molecule has 0 saturated carbocycles. The van der Waals surface area contributed by atoms with Gasteiger partial charge in [0.25, 0.3) is 5.91 Å². The molecule has 1 aliphatic rings. The standard InChI is InChI=1S/C16H25N3O2S/c1-21-11-10-19-8-5-13(6-9-19)12-18-15(20)14-4-3-7-17-16(14)22-2/h3-4,7,13H,5-6,8-12H2,1-2H3,(H,18,20). The lowest BCUT2D eigenvalue weighted by molar-refractivity contribution is 0.0922. The van der Waals surface area contributed by atoms with Gasteiger partial charge in [0.1, 0.15) is 5.03 Å². The van der Waals surface area contributed by atoms with Gasteiger partial charge in [-0.25, -0.2) is 4.98 Å². The monoisotopic (exact) mass is 323 g/mol. The number of rotatable bonds is 7. The Balaban J connectivity index is 1.76. The van der Waals surface area contributed by atoms with Gasteiger partial charge in [-0.3, -0.25) is 4.79 Å². The maximum atomic E-state index is 12.3. The third kappa shape index (κ3) is 4.97. The molecule has 5 nitrogen and oxygen atoms in total. The molecule has 1 aromatic rings. The zero-order valence-electron chi connectivity index (χ0n) is 13.4. The van der Waals surface area contributed by atoms with Crippen molar-refractivity contribution in [3.05, 3.63) is 23.9 Å². The van der Waals surface area contributed by atoms with Crippen molar-refractivity contribution in [3.63, 3.8) is 0 Å². The van der Waals surface area contributed by atoms with E-state index < -0.39 is 0 Å². The Morgan fingerprint density at radius 1 is 1.50 bits per heavy atom. The molecule has 1 aliphatic heterocycles. The van der Waals surface area contributed by atoms with Crippen LogP contribution in [0.5, 0.6) is 0 Å². The lowest BCUT2D eigenvalue weighted by atomic mass is 9.96. The number of thioether (sulfide) groups is 1. The van der Waals surface area contributed by atoms with E-state index in [-0.39, 0.29) is 5.91 Å². The highest BCUT2D eigenvalue weighted by Crippen LogP contribution is 2.18. The van der Waals surface area contributed by atoms with E-state index in [4.69, 9.17) is 4.74 Å². The molecule has 1 amide bonds. The minimum absolute atomic E-state index is 0.0146. The predicted octanol–water partition coefficient (Wildman–Crippen LogP) is 1.89. The van der Waals surface area contributed by atoms with Crippen LogP contribution in [-0.4, -0.2) is 61.9 Å². The fourth-order valence-corrected chi connectivity index (χ4v) is 3.24. The highest BCUT2D eigenvalue weighted by molar-refractivity contribution is 7.98. The summed E-state index contributed by atoms with van der Waals surface area (Å²) >= 11 is 1.50. The van der Waals surface area contributed by atoms with Gasteiger partial charge in [0.15, 0.2) is 0 Å². The van der Waals surface area contributed by atoms with Crippen LogP contribution in [0.4, 0.5) is 0 Å². The highest BCUT2D eigenvalue weighted by atomic mass is 32.2. The van der Waals surface area contributed by atoms with Gasteiger partial charge in [-0.2, -0.15) is 0 Å². The van der Waals surface area contributed by atoms with Crippen LogP contribution in [-0.2, 0) is 4.74 Å². The first kappa shape index (κ1) is 17.2. The molecule has 1 aromatic heterocycles. The van der Waals surface area contributed by atoms with Gasteiger partial charge in [0.2, 0.25) is 0 Å². The van der Waals surface area contributed by atoms with Gasteiger partial charge < -0.3 is 15.0 Å². The average Bonchev–Trinajstić information content (AvgIpc) is 2.58. The van der Waals surface area contributed by atoms with Crippen LogP contribution >= 0.6 is 11.8 Å². The molecule has 0 bridgehead atoms. The summed E-state index contributed by atoms with van der Waals surface area (Å²) in [4.78, 5) is 18.9. The van der Waals surface area contributed by atoms with Crippen molar-refractivity contribution in [2.45, 2.75) is 17.9 Å². The normalized spacial score (nSPS) is 16.6. The molecule has 0 unspecified atom stereocenters. The number of ether oxygens (including phenoxy) is 1. The van der Waals surface area contributed by atoms with Gasteiger partial charge in [0.05, 0.1) is 12.2 Å². The van der Waals surface area contributed by atoms with Crippen molar-refractivity contribution in [2.75, 3.05) is 46.2 Å². The smallest absolute Gasteiger partial charge is 0.254 e. The highest BCUT2D eigenvalue weighted by Gasteiger charge is 2.20. The second-order valence-electron chi connectivity index (χ2n) is 5.55. The number of amides is 1. The summed E-state index contributed by atoms with van der Waals surface area (Å²) in [6.45, 7) is 4.72. The number of methoxy groups -OCH3 is 1. The Morgan fingerprint density at radius 3 is 2.95 bits per heavy atom. The van der Waals surface area contributed by atoms with E-state index in [1.807, 2.05) is 18.4 Å². The summed E-state index contributed by atoms with van der Waals surface area (Å²) < 4.78 is 5.11. The van der Waals surface area contributed by atoms with E-state index >= 15 is 0 Å². The first-order valence-electron chi connectivity index (χ1n) is 7.73. The summed E-state index contributed by atoms with van der Waals surface area (Å²) in [6.07, 6.45) is 5.92. The predicted molar refractivity (Wildman–Crippen MR) is 89.4 cm³/mol. The summed E-state index contributed by atoms with van der Waals surface area (Å²) in [5.41, 5.74) is 0.674. The zero-order valence-corrected chi connectivity index (χ0v) is 14.2. The van der Waals surface area contributed by atoms with Gasteiger partial charge in [-0.05, 0) is 50.2 Å².